The molecule has 53 heavy (non-hydrogen) atoms. The second-order valence-corrected chi connectivity index (χ2v) is 13.6. The molecule has 2 aliphatic heterocycles. The highest BCUT2D eigenvalue weighted by Crippen LogP contribution is 2.33. The fraction of sp³-hybridized carbons (Fsp3) is 0.297. The molecule has 3 heterocycles. The normalized spacial score (nSPS) is 15.5. The van der Waals surface area contributed by atoms with Crippen molar-refractivity contribution < 1.29 is 38.2 Å². The molecular formula is C37H38N8O8. The molecule has 2 aliphatic rings. The Kier molecular flexibility index (Phi) is 9.71. The van der Waals surface area contributed by atoms with Gasteiger partial charge in [0.15, 0.2) is 5.69 Å². The summed E-state index contributed by atoms with van der Waals surface area (Å²) in [4.78, 5) is 78.4. The molecule has 1 unspecified atom stereocenters. The summed E-state index contributed by atoms with van der Waals surface area (Å²) in [6, 6.07) is 13.9. The maximum atomic E-state index is 13.5. The molecule has 0 spiro atoms. The molecule has 1 atom stereocenters. The summed E-state index contributed by atoms with van der Waals surface area (Å²) in [5.74, 6) is -2.46. The second kappa shape index (κ2) is 14.2. The third kappa shape index (κ3) is 7.15. The van der Waals surface area contributed by atoms with Crippen molar-refractivity contribution in [2.45, 2.75) is 52.0 Å². The van der Waals surface area contributed by atoms with E-state index in [1.165, 1.54) is 25.0 Å². The number of fused-ring (bicyclic) bond motifs is 1. The first-order chi connectivity index (χ1) is 25.2. The summed E-state index contributed by atoms with van der Waals surface area (Å²) >= 11 is 0. The predicted octanol–water partition coefficient (Wildman–Crippen LogP) is 3.59. The highest BCUT2D eigenvalue weighted by molar-refractivity contribution is 6.25. The van der Waals surface area contributed by atoms with E-state index in [1.54, 1.807) is 55.5 Å². The summed E-state index contributed by atoms with van der Waals surface area (Å²) in [6.45, 7) is 7.39. The first kappa shape index (κ1) is 36.2. The Labute approximate surface area is 304 Å². The second-order valence-electron chi connectivity index (χ2n) is 13.6. The van der Waals surface area contributed by atoms with E-state index in [9.17, 15) is 28.8 Å². The summed E-state index contributed by atoms with van der Waals surface area (Å²) in [7, 11) is 3.06. The van der Waals surface area contributed by atoms with Gasteiger partial charge in [-0.15, -0.1) is 5.10 Å². The average Bonchev–Trinajstić information content (AvgIpc) is 3.62. The Balaban J connectivity index is 1.18. The number of aromatic nitrogens is 3. The third-order valence-electron chi connectivity index (χ3n) is 8.97. The lowest BCUT2D eigenvalue weighted by molar-refractivity contribution is -0.136. The molecule has 0 radical (unpaired) electrons. The van der Waals surface area contributed by atoms with E-state index in [4.69, 9.17) is 9.47 Å². The van der Waals surface area contributed by atoms with Gasteiger partial charge in [0, 0.05) is 29.5 Å². The van der Waals surface area contributed by atoms with E-state index in [-0.39, 0.29) is 47.3 Å². The van der Waals surface area contributed by atoms with Gasteiger partial charge >= 0.3 is 0 Å². The molecule has 0 aliphatic carbocycles. The first-order valence-corrected chi connectivity index (χ1v) is 16.7. The zero-order valence-corrected chi connectivity index (χ0v) is 29.9. The van der Waals surface area contributed by atoms with E-state index in [0.29, 0.717) is 34.3 Å². The number of rotatable bonds is 10. The third-order valence-corrected chi connectivity index (χ3v) is 8.97. The highest BCUT2D eigenvalue weighted by Gasteiger charge is 2.45. The number of hydrogen-bond acceptors (Lipinski definition) is 11. The van der Waals surface area contributed by atoms with Crippen LogP contribution in [0.25, 0.3) is 5.69 Å². The van der Waals surface area contributed by atoms with Crippen LogP contribution in [0.1, 0.15) is 76.1 Å². The number of benzene rings is 3. The van der Waals surface area contributed by atoms with Crippen LogP contribution in [-0.4, -0.2) is 82.1 Å². The molecule has 6 amide bonds. The summed E-state index contributed by atoms with van der Waals surface area (Å²) < 4.78 is 12.3. The molecule has 1 fully saturated rings. The van der Waals surface area contributed by atoms with Crippen LogP contribution in [0, 0.1) is 6.92 Å². The molecule has 274 valence electrons. The molecule has 4 aromatic rings. The van der Waals surface area contributed by atoms with Gasteiger partial charge in [-0.1, -0.05) is 32.1 Å². The van der Waals surface area contributed by atoms with E-state index < -0.39 is 41.5 Å². The molecule has 0 bridgehead atoms. The van der Waals surface area contributed by atoms with Gasteiger partial charge in [-0.2, -0.15) is 0 Å². The van der Waals surface area contributed by atoms with Crippen LogP contribution in [0.3, 0.4) is 0 Å². The SMILES string of the molecule is COc1ccc(OC)c(-n2nnc(C(=O)Nc3cc(NC(=O)CNc4cccc5c4C(=O)N(C4CCC(=O)NC4=O)C5=O)cc(C(C)(C)C)c3)c2C)c1. The van der Waals surface area contributed by atoms with Crippen LogP contribution in [-0.2, 0) is 19.8 Å². The minimum absolute atomic E-state index is 0.00192. The van der Waals surface area contributed by atoms with E-state index >= 15 is 0 Å². The number of hydrogen-bond donors (Lipinski definition) is 4. The van der Waals surface area contributed by atoms with Gasteiger partial charge in [-0.05, 0) is 66.8 Å². The van der Waals surface area contributed by atoms with Crippen molar-refractivity contribution in [3.05, 3.63) is 82.7 Å². The highest BCUT2D eigenvalue weighted by atomic mass is 16.5. The van der Waals surface area contributed by atoms with Gasteiger partial charge in [0.2, 0.25) is 17.7 Å². The number of carbonyl (C=O) groups is 6. The zero-order chi connectivity index (χ0) is 38.2. The Bertz CT molecular complexity index is 2190. The number of nitrogens with zero attached hydrogens (tertiary/aromatic N) is 4. The average molecular weight is 723 g/mol. The van der Waals surface area contributed by atoms with Crippen LogP contribution in [0.4, 0.5) is 17.1 Å². The molecule has 4 N–H and O–H groups in total. The molecular weight excluding hydrogens is 684 g/mol. The zero-order valence-electron chi connectivity index (χ0n) is 29.9. The first-order valence-electron chi connectivity index (χ1n) is 16.7. The smallest absolute Gasteiger partial charge is 0.278 e. The van der Waals surface area contributed by atoms with E-state index in [0.717, 1.165) is 10.5 Å². The topological polar surface area (TPSA) is 203 Å². The van der Waals surface area contributed by atoms with Crippen LogP contribution in [0.5, 0.6) is 11.5 Å². The van der Waals surface area contributed by atoms with Crippen molar-refractivity contribution in [3.63, 3.8) is 0 Å². The lowest BCUT2D eigenvalue weighted by Crippen LogP contribution is -2.54. The van der Waals surface area contributed by atoms with Gasteiger partial charge < -0.3 is 25.4 Å². The summed E-state index contributed by atoms with van der Waals surface area (Å²) in [5, 5.41) is 19.1. The van der Waals surface area contributed by atoms with Crippen molar-refractivity contribution >= 4 is 52.5 Å². The molecule has 16 nitrogen and oxygen atoms in total. The number of piperidine rings is 1. The molecule has 16 heteroatoms. The molecule has 1 aromatic heterocycles. The monoisotopic (exact) mass is 722 g/mol. The van der Waals surface area contributed by atoms with Crippen molar-refractivity contribution in [2.75, 3.05) is 36.7 Å². The van der Waals surface area contributed by atoms with Crippen LogP contribution >= 0.6 is 0 Å². The molecule has 0 saturated carbocycles. The Hall–Kier alpha value is -6.58. The van der Waals surface area contributed by atoms with Crippen LogP contribution < -0.4 is 30.7 Å². The van der Waals surface area contributed by atoms with Crippen LogP contribution in [0.15, 0.2) is 54.6 Å². The van der Waals surface area contributed by atoms with Gasteiger partial charge in [0.05, 0.1) is 37.6 Å². The quantitative estimate of drug-likeness (QED) is 0.174. The molecule has 3 aromatic carbocycles. The lowest BCUT2D eigenvalue weighted by Gasteiger charge is -2.27. The number of amides is 6. The largest absolute Gasteiger partial charge is 0.497 e. The Morgan fingerprint density at radius 2 is 1.68 bits per heavy atom. The minimum atomic E-state index is -1.12. The Morgan fingerprint density at radius 3 is 2.36 bits per heavy atom. The fourth-order valence-corrected chi connectivity index (χ4v) is 6.17. The van der Waals surface area contributed by atoms with Gasteiger partial charge in [-0.25, -0.2) is 4.68 Å². The number of carbonyl (C=O) groups excluding carboxylic acids is 6. The van der Waals surface area contributed by atoms with Crippen molar-refractivity contribution in [3.8, 4) is 17.2 Å². The maximum absolute atomic E-state index is 13.5. The summed E-state index contributed by atoms with van der Waals surface area (Å²) in [6.07, 6.45) is 0.0216. The number of ether oxygens (including phenoxy) is 2. The van der Waals surface area contributed by atoms with Crippen LogP contribution in [0.2, 0.25) is 0 Å². The number of methoxy groups -OCH3 is 2. The Morgan fingerprint density at radius 1 is 0.943 bits per heavy atom. The van der Waals surface area contributed by atoms with Gasteiger partial charge in [0.25, 0.3) is 17.7 Å². The van der Waals surface area contributed by atoms with Crippen molar-refractivity contribution in [1.82, 2.24) is 25.2 Å². The number of nitrogens with one attached hydrogen (secondary N) is 4. The van der Waals surface area contributed by atoms with E-state index in [2.05, 4.69) is 31.6 Å². The number of anilines is 3. The van der Waals surface area contributed by atoms with Gasteiger partial charge in [-0.3, -0.25) is 39.0 Å². The van der Waals surface area contributed by atoms with Crippen molar-refractivity contribution in [2.24, 2.45) is 0 Å². The molecule has 6 rings (SSSR count). The number of imide groups is 2. The maximum Gasteiger partial charge on any atom is 0.278 e. The minimum Gasteiger partial charge on any atom is -0.497 e. The predicted molar refractivity (Wildman–Crippen MR) is 193 cm³/mol. The standard InChI is InChI=1S/C37H38N8O8/c1-19-32(42-43-45(19)27-17-23(52-5)10-12-28(27)53-6)34(49)40-22-15-20(37(2,3)4)14-21(16-22)39-30(47)18-38-25-9-7-8-24-31(25)36(51)44(35(24)50)26-11-13-29(46)41-33(26)48/h7-10,12,14-17,26,38H,11,13,18H2,1-6H3,(H,39,47)(H,40,49)(H,41,46,48). The van der Waals surface area contributed by atoms with Crippen molar-refractivity contribution in [1.29, 1.82) is 0 Å². The molecule has 1 saturated heterocycles. The summed E-state index contributed by atoms with van der Waals surface area (Å²) in [5.41, 5.74) is 2.66. The lowest BCUT2D eigenvalue weighted by atomic mass is 9.86. The fourth-order valence-electron chi connectivity index (χ4n) is 6.17. The van der Waals surface area contributed by atoms with Gasteiger partial charge in [0.1, 0.15) is 23.2 Å². The van der Waals surface area contributed by atoms with E-state index in [1.807, 2.05) is 20.8 Å².